The molecule has 0 aliphatic carbocycles. The first-order chi connectivity index (χ1) is 7.13. The van der Waals surface area contributed by atoms with Crippen LogP contribution in [0, 0.1) is 5.82 Å². The molecular formula is C10H10ClFN2O. The molecule has 80 valence electrons. The Bertz CT molecular complexity index is 422. The SMILES string of the molecule is CCNC1C(=O)Nc2c(Cl)cc(F)cc21. The van der Waals surface area contributed by atoms with Crippen molar-refractivity contribution in [3.63, 3.8) is 0 Å². The molecule has 3 nitrogen and oxygen atoms in total. The molecule has 1 aliphatic heterocycles. The fourth-order valence-electron chi connectivity index (χ4n) is 1.70. The number of amides is 1. The Morgan fingerprint density at radius 1 is 1.60 bits per heavy atom. The van der Waals surface area contributed by atoms with Crippen LogP contribution >= 0.6 is 11.6 Å². The van der Waals surface area contributed by atoms with E-state index in [9.17, 15) is 9.18 Å². The molecule has 0 spiro atoms. The molecule has 1 amide bonds. The Balaban J connectivity index is 2.48. The maximum atomic E-state index is 13.1. The summed E-state index contributed by atoms with van der Waals surface area (Å²) in [5, 5.41) is 5.83. The van der Waals surface area contributed by atoms with Crippen LogP contribution in [-0.4, -0.2) is 12.5 Å². The summed E-state index contributed by atoms with van der Waals surface area (Å²) in [7, 11) is 0. The third-order valence-electron chi connectivity index (χ3n) is 2.32. The Morgan fingerprint density at radius 3 is 3.00 bits per heavy atom. The van der Waals surface area contributed by atoms with E-state index in [1.54, 1.807) is 0 Å². The number of hydrogen-bond donors (Lipinski definition) is 2. The number of nitrogens with one attached hydrogen (secondary N) is 2. The topological polar surface area (TPSA) is 41.1 Å². The average molecular weight is 229 g/mol. The Hall–Kier alpha value is -1.13. The van der Waals surface area contributed by atoms with Gasteiger partial charge in [-0.25, -0.2) is 4.39 Å². The molecule has 2 rings (SSSR count). The van der Waals surface area contributed by atoms with Crippen LogP contribution in [0.4, 0.5) is 10.1 Å². The number of fused-ring (bicyclic) bond motifs is 1. The zero-order chi connectivity index (χ0) is 11.0. The van der Waals surface area contributed by atoms with Crippen LogP contribution in [0.25, 0.3) is 0 Å². The number of carbonyl (C=O) groups excluding carboxylic acids is 1. The van der Waals surface area contributed by atoms with E-state index in [4.69, 9.17) is 11.6 Å². The highest BCUT2D eigenvalue weighted by atomic mass is 35.5. The van der Waals surface area contributed by atoms with Gasteiger partial charge in [-0.3, -0.25) is 4.79 Å². The van der Waals surface area contributed by atoms with Gasteiger partial charge in [-0.1, -0.05) is 18.5 Å². The maximum absolute atomic E-state index is 13.1. The highest BCUT2D eigenvalue weighted by Gasteiger charge is 2.31. The molecule has 1 atom stereocenters. The van der Waals surface area contributed by atoms with Crippen molar-refractivity contribution in [2.24, 2.45) is 0 Å². The van der Waals surface area contributed by atoms with E-state index < -0.39 is 11.9 Å². The van der Waals surface area contributed by atoms with Crippen molar-refractivity contribution in [1.29, 1.82) is 0 Å². The van der Waals surface area contributed by atoms with Gasteiger partial charge in [0.25, 0.3) is 0 Å². The highest BCUT2D eigenvalue weighted by molar-refractivity contribution is 6.34. The molecule has 1 aromatic rings. The van der Waals surface area contributed by atoms with Gasteiger partial charge < -0.3 is 10.6 Å². The second-order valence-electron chi connectivity index (χ2n) is 3.33. The van der Waals surface area contributed by atoms with Crippen molar-refractivity contribution in [1.82, 2.24) is 5.32 Å². The molecule has 2 N–H and O–H groups in total. The van der Waals surface area contributed by atoms with Gasteiger partial charge >= 0.3 is 0 Å². The van der Waals surface area contributed by atoms with Crippen LogP contribution in [0.1, 0.15) is 18.5 Å². The average Bonchev–Trinajstić information content (AvgIpc) is 2.46. The van der Waals surface area contributed by atoms with E-state index in [0.29, 0.717) is 17.8 Å². The number of hydrogen-bond acceptors (Lipinski definition) is 2. The van der Waals surface area contributed by atoms with Crippen LogP contribution in [0.5, 0.6) is 0 Å². The van der Waals surface area contributed by atoms with E-state index in [1.165, 1.54) is 12.1 Å². The molecule has 0 bridgehead atoms. The van der Waals surface area contributed by atoms with Crippen molar-refractivity contribution < 1.29 is 9.18 Å². The summed E-state index contributed by atoms with van der Waals surface area (Å²) < 4.78 is 13.1. The van der Waals surface area contributed by atoms with E-state index in [2.05, 4.69) is 10.6 Å². The van der Waals surface area contributed by atoms with Gasteiger partial charge in [-0.05, 0) is 18.7 Å². The molecule has 0 fully saturated rings. The number of carbonyl (C=O) groups is 1. The monoisotopic (exact) mass is 228 g/mol. The lowest BCUT2D eigenvalue weighted by molar-refractivity contribution is -0.117. The minimum atomic E-state index is -0.502. The first-order valence-electron chi connectivity index (χ1n) is 4.66. The normalized spacial score (nSPS) is 18.9. The molecule has 0 radical (unpaired) electrons. The molecule has 0 aromatic heterocycles. The third-order valence-corrected chi connectivity index (χ3v) is 2.61. The summed E-state index contributed by atoms with van der Waals surface area (Å²) in [6.45, 7) is 2.51. The van der Waals surface area contributed by atoms with Gasteiger partial charge in [0, 0.05) is 5.56 Å². The predicted molar refractivity (Wildman–Crippen MR) is 56.5 cm³/mol. The van der Waals surface area contributed by atoms with Crippen molar-refractivity contribution >= 4 is 23.2 Å². The first kappa shape index (κ1) is 10.4. The van der Waals surface area contributed by atoms with Crippen LogP contribution < -0.4 is 10.6 Å². The summed E-state index contributed by atoms with van der Waals surface area (Å²) in [5.41, 5.74) is 1.08. The van der Waals surface area contributed by atoms with Crippen LogP contribution in [0.15, 0.2) is 12.1 Å². The van der Waals surface area contributed by atoms with E-state index in [0.717, 1.165) is 0 Å². The predicted octanol–water partition coefficient (Wildman–Crippen LogP) is 2.08. The zero-order valence-corrected chi connectivity index (χ0v) is 8.86. The lowest BCUT2D eigenvalue weighted by atomic mass is 10.1. The molecule has 1 aromatic carbocycles. The maximum Gasteiger partial charge on any atom is 0.246 e. The van der Waals surface area contributed by atoms with Crippen molar-refractivity contribution in [2.45, 2.75) is 13.0 Å². The van der Waals surface area contributed by atoms with Crippen molar-refractivity contribution in [2.75, 3.05) is 11.9 Å². The van der Waals surface area contributed by atoms with Gasteiger partial charge in [0.1, 0.15) is 11.9 Å². The molecule has 1 aliphatic rings. The fourth-order valence-corrected chi connectivity index (χ4v) is 1.96. The van der Waals surface area contributed by atoms with Gasteiger partial charge in [0.05, 0.1) is 10.7 Å². The summed E-state index contributed by atoms with van der Waals surface area (Å²) in [4.78, 5) is 11.5. The highest BCUT2D eigenvalue weighted by Crippen LogP contribution is 2.37. The minimum Gasteiger partial charge on any atom is -0.323 e. The number of anilines is 1. The summed E-state index contributed by atoms with van der Waals surface area (Å²) in [6.07, 6.45) is 0. The minimum absolute atomic E-state index is 0.195. The number of halogens is 2. The molecule has 5 heteroatoms. The third kappa shape index (κ3) is 1.70. The first-order valence-corrected chi connectivity index (χ1v) is 5.04. The lowest BCUT2D eigenvalue weighted by Gasteiger charge is -2.09. The standard InChI is InChI=1S/C10H10ClFN2O/c1-2-13-9-6-3-5(12)4-7(11)8(6)14-10(9)15/h3-4,9,13H,2H2,1H3,(H,14,15). The summed E-state index contributed by atoms with van der Waals surface area (Å²) >= 11 is 5.82. The van der Waals surface area contributed by atoms with Crippen LogP contribution in [0.2, 0.25) is 5.02 Å². The second kappa shape index (κ2) is 3.79. The largest absolute Gasteiger partial charge is 0.323 e. The van der Waals surface area contributed by atoms with Crippen molar-refractivity contribution in [3.05, 3.63) is 28.5 Å². The quantitative estimate of drug-likeness (QED) is 0.814. The van der Waals surface area contributed by atoms with Gasteiger partial charge in [-0.2, -0.15) is 0 Å². The fraction of sp³-hybridized carbons (Fsp3) is 0.300. The zero-order valence-electron chi connectivity index (χ0n) is 8.10. The number of rotatable bonds is 2. The van der Waals surface area contributed by atoms with Gasteiger partial charge in [0.2, 0.25) is 5.91 Å². The van der Waals surface area contributed by atoms with Crippen molar-refractivity contribution in [3.8, 4) is 0 Å². The Labute approximate surface area is 91.6 Å². The Morgan fingerprint density at radius 2 is 2.33 bits per heavy atom. The second-order valence-corrected chi connectivity index (χ2v) is 3.74. The molecule has 15 heavy (non-hydrogen) atoms. The summed E-state index contributed by atoms with van der Waals surface area (Å²) in [5.74, 6) is -0.627. The lowest BCUT2D eigenvalue weighted by Crippen LogP contribution is -2.27. The molecular weight excluding hydrogens is 219 g/mol. The smallest absolute Gasteiger partial charge is 0.246 e. The summed E-state index contributed by atoms with van der Waals surface area (Å²) in [6, 6.07) is 2.01. The molecule has 0 saturated heterocycles. The van der Waals surface area contributed by atoms with E-state index in [1.807, 2.05) is 6.92 Å². The number of likely N-dealkylation sites (N-methyl/N-ethyl adjacent to an activating group) is 1. The van der Waals surface area contributed by atoms with Crippen LogP contribution in [0.3, 0.4) is 0 Å². The molecule has 1 unspecified atom stereocenters. The van der Waals surface area contributed by atoms with Gasteiger partial charge in [-0.15, -0.1) is 0 Å². The molecule has 1 heterocycles. The molecule has 0 saturated carbocycles. The van der Waals surface area contributed by atoms with Gasteiger partial charge in [0.15, 0.2) is 0 Å². The van der Waals surface area contributed by atoms with E-state index >= 15 is 0 Å². The van der Waals surface area contributed by atoms with E-state index in [-0.39, 0.29) is 10.9 Å². The Kier molecular flexibility index (Phi) is 2.63. The van der Waals surface area contributed by atoms with Crippen LogP contribution in [-0.2, 0) is 4.79 Å². The number of benzene rings is 1.